The standard InChI is InChI=1S/C19H14BF2N5O/c1-28-19(20)26-18(23)14-8-24-15-6-5-10(9-27(14)15)11-7-25-17(11)16-12(21)3-2-4-13(16)22/h2-9,15,23-24H,1H3. The summed E-state index contributed by atoms with van der Waals surface area (Å²) in [6.45, 7) is 0. The Labute approximate surface area is 161 Å². The van der Waals surface area contributed by atoms with Crippen LogP contribution in [0.4, 0.5) is 8.78 Å². The van der Waals surface area contributed by atoms with Gasteiger partial charge in [-0.3, -0.25) is 10.4 Å². The third kappa shape index (κ3) is 2.94. The number of nitrogens with one attached hydrogen (secondary N) is 2. The predicted octanol–water partition coefficient (Wildman–Crippen LogP) is 2.33. The van der Waals surface area contributed by atoms with E-state index in [0.717, 1.165) is 0 Å². The SMILES string of the molecule is [B]C(=NC(=N)C1=CNC2C=CC(C3=CN=C3c3c(F)cccc3F)=CN12)OC. The molecule has 1 aromatic carbocycles. The van der Waals surface area contributed by atoms with Gasteiger partial charge in [0.1, 0.15) is 29.3 Å². The van der Waals surface area contributed by atoms with Gasteiger partial charge in [0, 0.05) is 29.7 Å². The molecule has 4 rings (SSSR count). The number of amidine groups is 1. The fourth-order valence-electron chi connectivity index (χ4n) is 3.05. The highest BCUT2D eigenvalue weighted by molar-refractivity contribution is 6.57. The van der Waals surface area contributed by atoms with Crippen LogP contribution in [0, 0.1) is 17.0 Å². The van der Waals surface area contributed by atoms with Gasteiger partial charge in [-0.2, -0.15) is 0 Å². The van der Waals surface area contributed by atoms with Crippen LogP contribution in [0.15, 0.2) is 75.8 Å². The Hall–Kier alpha value is -3.49. The highest BCUT2D eigenvalue weighted by atomic mass is 19.1. The zero-order valence-corrected chi connectivity index (χ0v) is 14.8. The maximum absolute atomic E-state index is 14.1. The molecule has 3 aliphatic rings. The van der Waals surface area contributed by atoms with Crippen LogP contribution in [-0.2, 0) is 4.74 Å². The first kappa shape index (κ1) is 17.9. The number of nitrogens with zero attached hydrogens (tertiary/aromatic N) is 3. The molecular formula is C19H14BF2N5O. The summed E-state index contributed by atoms with van der Waals surface area (Å²) in [5.74, 6) is -1.55. The summed E-state index contributed by atoms with van der Waals surface area (Å²) in [4.78, 5) is 9.71. The van der Waals surface area contributed by atoms with Crippen molar-refractivity contribution in [2.45, 2.75) is 6.17 Å². The van der Waals surface area contributed by atoms with Crippen molar-refractivity contribution in [3.63, 3.8) is 0 Å². The Morgan fingerprint density at radius 1 is 1.36 bits per heavy atom. The lowest BCUT2D eigenvalue weighted by Gasteiger charge is -2.29. The topological polar surface area (TPSA) is 73.1 Å². The molecule has 0 spiro atoms. The number of hydrogen-bond donors (Lipinski definition) is 2. The minimum Gasteiger partial charge on any atom is -0.494 e. The van der Waals surface area contributed by atoms with Crippen LogP contribution in [0.2, 0.25) is 0 Å². The first-order valence-corrected chi connectivity index (χ1v) is 8.34. The fraction of sp³-hybridized carbons (Fsp3) is 0.105. The number of ether oxygens (including phenoxy) is 1. The van der Waals surface area contributed by atoms with Crippen LogP contribution in [-0.4, -0.2) is 43.4 Å². The van der Waals surface area contributed by atoms with Gasteiger partial charge in [-0.15, -0.1) is 0 Å². The molecule has 0 amide bonds. The Morgan fingerprint density at radius 2 is 2.11 bits per heavy atom. The molecule has 0 aliphatic carbocycles. The molecule has 0 saturated heterocycles. The molecule has 0 bridgehead atoms. The molecule has 0 fully saturated rings. The molecule has 28 heavy (non-hydrogen) atoms. The summed E-state index contributed by atoms with van der Waals surface area (Å²) >= 11 is 0. The average Bonchev–Trinajstić information content (AvgIpc) is 3.07. The maximum Gasteiger partial charge on any atom is 0.196 e. The Balaban J connectivity index is 1.61. The van der Waals surface area contributed by atoms with E-state index in [4.69, 9.17) is 18.0 Å². The number of allylic oxidation sites excluding steroid dienone is 3. The van der Waals surface area contributed by atoms with Gasteiger partial charge in [0.15, 0.2) is 13.7 Å². The zero-order valence-electron chi connectivity index (χ0n) is 14.8. The van der Waals surface area contributed by atoms with Crippen molar-refractivity contribution < 1.29 is 13.5 Å². The molecule has 3 heterocycles. The molecule has 3 aliphatic heterocycles. The minimum absolute atomic E-state index is 0.0862. The van der Waals surface area contributed by atoms with Crippen LogP contribution in [0.25, 0.3) is 0 Å². The number of hydrogen-bond acceptors (Lipinski definition) is 5. The molecule has 1 aromatic rings. The summed E-state index contributed by atoms with van der Waals surface area (Å²) in [5, 5.41) is 11.2. The van der Waals surface area contributed by atoms with Gasteiger partial charge in [-0.25, -0.2) is 13.8 Å². The summed E-state index contributed by atoms with van der Waals surface area (Å²) in [7, 11) is 6.89. The van der Waals surface area contributed by atoms with E-state index in [-0.39, 0.29) is 29.1 Å². The number of benzene rings is 1. The summed E-state index contributed by atoms with van der Waals surface area (Å²) < 4.78 is 33.0. The first-order valence-electron chi connectivity index (χ1n) is 8.34. The van der Waals surface area contributed by atoms with E-state index in [2.05, 4.69) is 15.3 Å². The van der Waals surface area contributed by atoms with Gasteiger partial charge in [-0.1, -0.05) is 12.1 Å². The number of aliphatic imine (C=N–C) groups is 2. The molecule has 9 heteroatoms. The van der Waals surface area contributed by atoms with E-state index in [1.165, 1.54) is 25.3 Å². The van der Waals surface area contributed by atoms with Crippen molar-refractivity contribution in [3.8, 4) is 0 Å². The van der Waals surface area contributed by atoms with Crippen LogP contribution in [0.3, 0.4) is 0 Å². The van der Waals surface area contributed by atoms with E-state index in [9.17, 15) is 8.78 Å². The van der Waals surface area contributed by atoms with Crippen LogP contribution in [0.5, 0.6) is 0 Å². The van der Waals surface area contributed by atoms with Gasteiger partial charge < -0.3 is 15.0 Å². The molecule has 1 unspecified atom stereocenters. The number of rotatable bonds is 3. The number of methoxy groups -OCH3 is 1. The Morgan fingerprint density at radius 3 is 2.75 bits per heavy atom. The second-order valence-electron chi connectivity index (χ2n) is 6.11. The van der Waals surface area contributed by atoms with Gasteiger partial charge in [0.25, 0.3) is 0 Å². The van der Waals surface area contributed by atoms with E-state index in [1.807, 2.05) is 12.2 Å². The first-order chi connectivity index (χ1) is 13.5. The lowest BCUT2D eigenvalue weighted by Crippen LogP contribution is -2.35. The van der Waals surface area contributed by atoms with Gasteiger partial charge in [0.05, 0.1) is 18.4 Å². The molecule has 6 nitrogen and oxygen atoms in total. The summed E-state index contributed by atoms with van der Waals surface area (Å²) in [6, 6.07) is 3.71. The van der Waals surface area contributed by atoms with Crippen LogP contribution in [0.1, 0.15) is 5.56 Å². The highest BCUT2D eigenvalue weighted by Gasteiger charge is 2.31. The Bertz CT molecular complexity index is 1030. The second-order valence-corrected chi connectivity index (χ2v) is 6.11. The quantitative estimate of drug-likeness (QED) is 0.483. The van der Waals surface area contributed by atoms with Crippen LogP contribution < -0.4 is 5.32 Å². The van der Waals surface area contributed by atoms with Crippen molar-refractivity contribution in [2.24, 2.45) is 9.98 Å². The largest absolute Gasteiger partial charge is 0.494 e. The van der Waals surface area contributed by atoms with E-state index >= 15 is 0 Å². The smallest absolute Gasteiger partial charge is 0.196 e. The van der Waals surface area contributed by atoms with E-state index in [1.54, 1.807) is 23.5 Å². The lowest BCUT2D eigenvalue weighted by atomic mass is 9.91. The lowest BCUT2D eigenvalue weighted by molar-refractivity contribution is 0.408. The molecule has 138 valence electrons. The van der Waals surface area contributed by atoms with Crippen molar-refractivity contribution >= 4 is 25.2 Å². The normalized spacial score (nSPS) is 20.3. The maximum atomic E-state index is 14.1. The Kier molecular flexibility index (Phi) is 4.42. The average molecular weight is 377 g/mol. The van der Waals surface area contributed by atoms with Crippen molar-refractivity contribution in [3.05, 3.63) is 83.0 Å². The molecule has 2 radical (unpaired) electrons. The second kappa shape index (κ2) is 6.92. The summed E-state index contributed by atoms with van der Waals surface area (Å²) in [6.07, 6.45) is 8.46. The minimum atomic E-state index is -0.669. The number of fused-ring (bicyclic) bond motifs is 1. The van der Waals surface area contributed by atoms with Crippen LogP contribution >= 0.6 is 0 Å². The molecular weight excluding hydrogens is 363 g/mol. The van der Waals surface area contributed by atoms with Crippen molar-refractivity contribution in [1.82, 2.24) is 10.2 Å². The van der Waals surface area contributed by atoms with E-state index < -0.39 is 11.6 Å². The zero-order chi connectivity index (χ0) is 19.8. The van der Waals surface area contributed by atoms with Crippen molar-refractivity contribution in [2.75, 3.05) is 7.11 Å². The number of halogens is 2. The van der Waals surface area contributed by atoms with Crippen molar-refractivity contribution in [1.29, 1.82) is 5.41 Å². The third-order valence-corrected chi connectivity index (χ3v) is 4.47. The monoisotopic (exact) mass is 377 g/mol. The molecule has 1 atom stereocenters. The fourth-order valence-corrected chi connectivity index (χ4v) is 3.05. The predicted molar refractivity (Wildman–Crippen MR) is 103 cm³/mol. The van der Waals surface area contributed by atoms with Gasteiger partial charge in [0.2, 0.25) is 0 Å². The third-order valence-electron chi connectivity index (χ3n) is 4.47. The highest BCUT2D eigenvalue weighted by Crippen LogP contribution is 2.32. The molecule has 2 N–H and O–H groups in total. The summed E-state index contributed by atoms with van der Waals surface area (Å²) in [5.41, 5.74) is 1.88. The van der Waals surface area contributed by atoms with Gasteiger partial charge in [-0.05, 0) is 18.2 Å². The van der Waals surface area contributed by atoms with Gasteiger partial charge >= 0.3 is 0 Å². The molecule has 0 aromatic heterocycles. The molecule has 0 saturated carbocycles. The van der Waals surface area contributed by atoms with E-state index in [0.29, 0.717) is 16.8 Å².